The van der Waals surface area contributed by atoms with E-state index in [0.29, 0.717) is 19.3 Å². The molecule has 2 N–H and O–H groups in total. The van der Waals surface area contributed by atoms with Gasteiger partial charge in [0.2, 0.25) is 0 Å². The number of methoxy groups -OCH3 is 1. The Hall–Kier alpha value is -0.200. The fourth-order valence-corrected chi connectivity index (χ4v) is 0.704. The van der Waals surface area contributed by atoms with Crippen LogP contribution in [0.5, 0.6) is 0 Å². The Morgan fingerprint density at radius 2 is 1.33 bits per heavy atom. The first-order valence-corrected chi connectivity index (χ1v) is 6.38. The Kier molecular flexibility index (Phi) is 14.8. The molecule has 0 amide bonds. The molecular weight excluding hydrogens is 236 g/mol. The lowest BCUT2D eigenvalue weighted by Crippen LogP contribution is -2.24. The van der Waals surface area contributed by atoms with Crippen LogP contribution < -0.4 is 0 Å². The maximum absolute atomic E-state index is 8.92. The number of aliphatic hydroxyl groups is 2. The van der Waals surface area contributed by atoms with Crippen molar-refractivity contribution in [3.63, 3.8) is 0 Å². The van der Waals surface area contributed by atoms with Crippen LogP contribution in [0.1, 0.15) is 34.6 Å². The predicted molar refractivity (Wildman–Crippen MR) is 71.7 cm³/mol. The minimum Gasteiger partial charge on any atom is -0.394 e. The quantitative estimate of drug-likeness (QED) is 0.691. The van der Waals surface area contributed by atoms with Gasteiger partial charge in [0.25, 0.3) is 0 Å². The molecule has 0 saturated carbocycles. The summed E-state index contributed by atoms with van der Waals surface area (Å²) in [6, 6.07) is 0. The van der Waals surface area contributed by atoms with Crippen molar-refractivity contribution < 1.29 is 24.4 Å². The molecule has 18 heavy (non-hydrogen) atoms. The fourth-order valence-electron chi connectivity index (χ4n) is 0.704. The molecule has 3 unspecified atom stereocenters. The number of rotatable bonds is 8. The zero-order chi connectivity index (χ0) is 14.6. The summed E-state index contributed by atoms with van der Waals surface area (Å²) >= 11 is 0. The highest BCUT2D eigenvalue weighted by atomic mass is 16.5. The summed E-state index contributed by atoms with van der Waals surface area (Å²) in [5.74, 6) is 0. The van der Waals surface area contributed by atoms with Crippen molar-refractivity contribution in [3.8, 4) is 0 Å². The molecule has 112 valence electrons. The van der Waals surface area contributed by atoms with Crippen LogP contribution in [-0.4, -0.2) is 61.6 Å². The van der Waals surface area contributed by atoms with Crippen LogP contribution in [0.25, 0.3) is 0 Å². The van der Waals surface area contributed by atoms with E-state index in [9.17, 15) is 0 Å². The second kappa shape index (κ2) is 13.2. The number of ether oxygens (including phenoxy) is 3. The molecule has 0 aromatic carbocycles. The van der Waals surface area contributed by atoms with E-state index in [2.05, 4.69) is 0 Å². The third kappa shape index (κ3) is 18.2. The molecule has 0 aliphatic rings. The lowest BCUT2D eigenvalue weighted by atomic mass is 10.4. The number of hydrogen-bond donors (Lipinski definition) is 2. The smallest absolute Gasteiger partial charge is 0.0781 e. The van der Waals surface area contributed by atoms with E-state index in [1.54, 1.807) is 21.0 Å². The van der Waals surface area contributed by atoms with Crippen molar-refractivity contribution in [2.24, 2.45) is 0 Å². The molecule has 0 heterocycles. The molecular formula is C13H30O5. The normalized spacial score (nSPS) is 15.8. The molecule has 0 fully saturated rings. The van der Waals surface area contributed by atoms with E-state index < -0.39 is 6.10 Å². The molecule has 5 heteroatoms. The zero-order valence-electron chi connectivity index (χ0n) is 12.5. The first-order valence-electron chi connectivity index (χ1n) is 6.38. The molecule has 0 bridgehead atoms. The van der Waals surface area contributed by atoms with Crippen LogP contribution in [0.15, 0.2) is 0 Å². The van der Waals surface area contributed by atoms with Gasteiger partial charge in [-0.1, -0.05) is 0 Å². The van der Waals surface area contributed by atoms with Gasteiger partial charge >= 0.3 is 0 Å². The van der Waals surface area contributed by atoms with Crippen molar-refractivity contribution in [1.82, 2.24) is 0 Å². The highest BCUT2D eigenvalue weighted by Crippen LogP contribution is 1.97. The molecule has 0 aromatic rings. The summed E-state index contributed by atoms with van der Waals surface area (Å²) in [7, 11) is 1.70. The largest absolute Gasteiger partial charge is 0.394 e. The van der Waals surface area contributed by atoms with Gasteiger partial charge in [-0.25, -0.2) is 0 Å². The van der Waals surface area contributed by atoms with Crippen molar-refractivity contribution >= 4 is 0 Å². The van der Waals surface area contributed by atoms with Gasteiger partial charge in [-0.15, -0.1) is 0 Å². The average molecular weight is 266 g/mol. The lowest BCUT2D eigenvalue weighted by molar-refractivity contribution is -0.0620. The summed E-state index contributed by atoms with van der Waals surface area (Å²) in [5, 5.41) is 17.6. The van der Waals surface area contributed by atoms with Crippen LogP contribution in [0.2, 0.25) is 0 Å². The summed E-state index contributed by atoms with van der Waals surface area (Å²) in [6.07, 6.45) is -0.270. The fraction of sp³-hybridized carbons (Fsp3) is 1.00. The molecule has 0 saturated heterocycles. The predicted octanol–water partition coefficient (Wildman–Crippen LogP) is 1.21. The summed E-state index contributed by atoms with van der Waals surface area (Å²) in [5.41, 5.74) is 0. The first-order chi connectivity index (χ1) is 8.33. The number of aliphatic hydroxyl groups excluding tert-OH is 2. The van der Waals surface area contributed by atoms with Gasteiger partial charge in [0, 0.05) is 7.11 Å². The lowest BCUT2D eigenvalue weighted by Gasteiger charge is -2.16. The standard InChI is InChI=1S/C9H20O4.C4H10O/c1-7(11)5-12-9(3)6-13-8(2)4-10;1-4(2)5-3/h7-11H,4-6H2,1-3H3;4H,1-3H3. The molecule has 0 aliphatic heterocycles. The van der Waals surface area contributed by atoms with Crippen LogP contribution >= 0.6 is 0 Å². The molecule has 0 radical (unpaired) electrons. The minimum absolute atomic E-state index is 0.0170. The van der Waals surface area contributed by atoms with Crippen LogP contribution in [0.3, 0.4) is 0 Å². The molecule has 0 rings (SSSR count). The van der Waals surface area contributed by atoms with Crippen LogP contribution in [0.4, 0.5) is 0 Å². The van der Waals surface area contributed by atoms with Gasteiger partial charge in [-0.3, -0.25) is 0 Å². The van der Waals surface area contributed by atoms with E-state index >= 15 is 0 Å². The minimum atomic E-state index is -0.447. The molecule has 5 nitrogen and oxygen atoms in total. The van der Waals surface area contributed by atoms with E-state index in [1.807, 2.05) is 20.8 Å². The molecule has 3 atom stereocenters. The van der Waals surface area contributed by atoms with E-state index in [0.717, 1.165) is 0 Å². The Bertz CT molecular complexity index is 161. The van der Waals surface area contributed by atoms with Crippen molar-refractivity contribution in [1.29, 1.82) is 0 Å². The van der Waals surface area contributed by atoms with Crippen molar-refractivity contribution in [2.75, 3.05) is 26.9 Å². The summed E-state index contributed by atoms with van der Waals surface area (Å²) < 4.78 is 15.2. The van der Waals surface area contributed by atoms with E-state index in [-0.39, 0.29) is 18.8 Å². The third-order valence-corrected chi connectivity index (χ3v) is 1.97. The molecule has 0 aromatic heterocycles. The highest BCUT2D eigenvalue weighted by molar-refractivity contribution is 4.52. The van der Waals surface area contributed by atoms with E-state index in [4.69, 9.17) is 24.4 Å². The SMILES string of the molecule is CC(O)COC(C)COC(C)CO.COC(C)C. The Morgan fingerprint density at radius 1 is 0.889 bits per heavy atom. The van der Waals surface area contributed by atoms with Gasteiger partial charge < -0.3 is 24.4 Å². The maximum Gasteiger partial charge on any atom is 0.0781 e. The van der Waals surface area contributed by atoms with E-state index in [1.165, 1.54) is 0 Å². The second-order valence-corrected chi connectivity index (χ2v) is 4.60. The molecule has 0 aliphatic carbocycles. The van der Waals surface area contributed by atoms with Gasteiger partial charge in [-0.2, -0.15) is 0 Å². The Labute approximate surface area is 111 Å². The topological polar surface area (TPSA) is 68.2 Å². The third-order valence-electron chi connectivity index (χ3n) is 1.97. The second-order valence-electron chi connectivity index (χ2n) is 4.60. The maximum atomic E-state index is 8.92. The molecule has 0 spiro atoms. The van der Waals surface area contributed by atoms with Gasteiger partial charge in [0.15, 0.2) is 0 Å². The van der Waals surface area contributed by atoms with Gasteiger partial charge in [0.05, 0.1) is 44.2 Å². The van der Waals surface area contributed by atoms with Crippen LogP contribution in [-0.2, 0) is 14.2 Å². The van der Waals surface area contributed by atoms with Crippen molar-refractivity contribution in [2.45, 2.75) is 59.0 Å². The average Bonchev–Trinajstić information content (AvgIpc) is 2.33. The van der Waals surface area contributed by atoms with Gasteiger partial charge in [0.1, 0.15) is 0 Å². The van der Waals surface area contributed by atoms with Gasteiger partial charge in [-0.05, 0) is 34.6 Å². The summed E-state index contributed by atoms with van der Waals surface area (Å²) in [4.78, 5) is 0. The van der Waals surface area contributed by atoms with Crippen LogP contribution in [0, 0.1) is 0 Å². The highest BCUT2D eigenvalue weighted by Gasteiger charge is 2.06. The van der Waals surface area contributed by atoms with Crippen molar-refractivity contribution in [3.05, 3.63) is 0 Å². The Balaban J connectivity index is 0. The monoisotopic (exact) mass is 266 g/mol. The zero-order valence-corrected chi connectivity index (χ0v) is 12.5. The Morgan fingerprint density at radius 3 is 1.67 bits per heavy atom. The first kappa shape index (κ1) is 20.1. The summed E-state index contributed by atoms with van der Waals surface area (Å²) in [6.45, 7) is 10.1. The number of hydrogen-bond acceptors (Lipinski definition) is 5.